The maximum atomic E-state index is 14.6. The summed E-state index contributed by atoms with van der Waals surface area (Å²) in [4.78, 5) is 47.1. The van der Waals surface area contributed by atoms with Gasteiger partial charge in [0.1, 0.15) is 23.8 Å². The van der Waals surface area contributed by atoms with Crippen molar-refractivity contribution in [3.63, 3.8) is 0 Å². The van der Waals surface area contributed by atoms with Gasteiger partial charge in [0, 0.05) is 19.4 Å². The van der Waals surface area contributed by atoms with E-state index in [1.807, 2.05) is 63.2 Å². The van der Waals surface area contributed by atoms with Crippen molar-refractivity contribution in [2.75, 3.05) is 13.7 Å². The lowest BCUT2D eigenvalue weighted by Crippen LogP contribution is -2.57. The van der Waals surface area contributed by atoms with Gasteiger partial charge in [0.15, 0.2) is 5.54 Å². The molecule has 2 heterocycles. The molecule has 0 unspecified atom stereocenters. The van der Waals surface area contributed by atoms with Crippen molar-refractivity contribution in [2.24, 2.45) is 16.3 Å². The van der Waals surface area contributed by atoms with E-state index >= 15 is 0 Å². The number of carbonyl (C=O) groups excluding carboxylic acids is 3. The highest BCUT2D eigenvalue weighted by Crippen LogP contribution is 2.53. The molecule has 4 aliphatic rings. The second-order valence-corrected chi connectivity index (χ2v) is 13.9. The Hall–Kier alpha value is -3.98. The zero-order chi connectivity index (χ0) is 32.0. The summed E-state index contributed by atoms with van der Waals surface area (Å²) in [6.45, 7) is 9.74. The van der Waals surface area contributed by atoms with Crippen LogP contribution in [0.2, 0.25) is 0 Å². The zero-order valence-corrected chi connectivity index (χ0v) is 26.6. The molecule has 5 atom stereocenters. The standard InChI is InChI=1S/C36H43N3O6/c1-6-25-20-36(25)32(41)45-30(38-36)28-21-35(43-5,26-18-16-24(17-19-26)23-12-8-7-9-13-23)22-39(28)31(40)29(34(2,3)4)37-33(42)44-27-14-10-11-15-27/h6-9,12-13,16-19,25,27-29H,1,10-11,14-15,20-22H2,2-5H3,(H,37,42)/t25-,28-,29+,35-,36+/m0/s1. The van der Waals surface area contributed by atoms with Crippen molar-refractivity contribution < 1.29 is 28.6 Å². The fraction of sp³-hybridized carbons (Fsp3) is 0.500. The Bertz CT molecular complexity index is 1490. The fourth-order valence-corrected chi connectivity index (χ4v) is 7.03. The molecule has 2 aliphatic carbocycles. The Morgan fingerprint density at radius 2 is 1.73 bits per heavy atom. The number of hydrogen-bond acceptors (Lipinski definition) is 7. The number of nitrogens with zero attached hydrogens (tertiary/aromatic N) is 2. The van der Waals surface area contributed by atoms with E-state index in [-0.39, 0.29) is 30.4 Å². The lowest BCUT2D eigenvalue weighted by atomic mass is 9.85. The molecule has 6 rings (SSSR count). The van der Waals surface area contributed by atoms with Crippen LogP contribution in [0.1, 0.15) is 64.9 Å². The van der Waals surface area contributed by atoms with Gasteiger partial charge >= 0.3 is 12.1 Å². The number of hydrogen-bond donors (Lipinski definition) is 1. The average molecular weight is 614 g/mol. The first kappa shape index (κ1) is 31.0. The molecular formula is C36H43N3O6. The van der Waals surface area contributed by atoms with Crippen LogP contribution in [-0.4, -0.2) is 66.1 Å². The molecule has 2 saturated carbocycles. The summed E-state index contributed by atoms with van der Waals surface area (Å²) in [6, 6.07) is 16.6. The van der Waals surface area contributed by atoms with Crippen LogP contribution in [0, 0.1) is 11.3 Å². The fourth-order valence-electron chi connectivity index (χ4n) is 7.03. The highest BCUT2D eigenvalue weighted by Gasteiger charge is 2.65. The maximum absolute atomic E-state index is 14.6. The molecule has 1 saturated heterocycles. The molecular weight excluding hydrogens is 570 g/mol. The highest BCUT2D eigenvalue weighted by atomic mass is 16.6. The molecule has 0 bridgehead atoms. The number of carbonyl (C=O) groups is 3. The van der Waals surface area contributed by atoms with Crippen LogP contribution < -0.4 is 5.32 Å². The molecule has 9 nitrogen and oxygen atoms in total. The van der Waals surface area contributed by atoms with Crippen molar-refractivity contribution in [3.05, 3.63) is 72.8 Å². The molecule has 0 aromatic heterocycles. The minimum absolute atomic E-state index is 0.0971. The number of methoxy groups -OCH3 is 1. The normalized spacial score (nSPS) is 28.5. The number of rotatable bonds is 8. The molecule has 45 heavy (non-hydrogen) atoms. The van der Waals surface area contributed by atoms with Gasteiger partial charge in [-0.15, -0.1) is 6.58 Å². The summed E-state index contributed by atoms with van der Waals surface area (Å²) in [5.74, 6) is -0.618. The Morgan fingerprint density at radius 1 is 1.07 bits per heavy atom. The topological polar surface area (TPSA) is 107 Å². The van der Waals surface area contributed by atoms with Gasteiger partial charge in [-0.2, -0.15) is 0 Å². The number of aliphatic imine (C=N–C) groups is 1. The quantitative estimate of drug-likeness (QED) is 0.299. The minimum atomic E-state index is -0.964. The van der Waals surface area contributed by atoms with Crippen LogP contribution >= 0.6 is 0 Å². The van der Waals surface area contributed by atoms with Crippen molar-refractivity contribution in [1.29, 1.82) is 0 Å². The van der Waals surface area contributed by atoms with E-state index in [4.69, 9.17) is 19.2 Å². The molecule has 2 aromatic carbocycles. The lowest BCUT2D eigenvalue weighted by Gasteiger charge is -2.35. The van der Waals surface area contributed by atoms with Gasteiger partial charge in [0.2, 0.25) is 11.8 Å². The van der Waals surface area contributed by atoms with Crippen LogP contribution in [0.5, 0.6) is 0 Å². The van der Waals surface area contributed by atoms with Gasteiger partial charge in [0.25, 0.3) is 0 Å². The number of benzene rings is 2. The minimum Gasteiger partial charge on any atom is -0.446 e. The van der Waals surface area contributed by atoms with E-state index < -0.39 is 40.7 Å². The van der Waals surface area contributed by atoms with Gasteiger partial charge in [-0.25, -0.2) is 14.6 Å². The summed E-state index contributed by atoms with van der Waals surface area (Å²) in [5, 5.41) is 2.88. The molecule has 9 heteroatoms. The summed E-state index contributed by atoms with van der Waals surface area (Å²) in [6.07, 6.45) is 5.55. The van der Waals surface area contributed by atoms with E-state index in [0.29, 0.717) is 12.8 Å². The second-order valence-electron chi connectivity index (χ2n) is 13.9. The van der Waals surface area contributed by atoms with Crippen LogP contribution in [0.3, 0.4) is 0 Å². The number of nitrogens with one attached hydrogen (secondary N) is 1. The predicted molar refractivity (Wildman–Crippen MR) is 170 cm³/mol. The number of esters is 1. The van der Waals surface area contributed by atoms with Gasteiger partial charge < -0.3 is 24.4 Å². The molecule has 3 fully saturated rings. The van der Waals surface area contributed by atoms with Gasteiger partial charge in [-0.1, -0.05) is 81.4 Å². The van der Waals surface area contributed by atoms with E-state index in [1.54, 1.807) is 18.1 Å². The van der Waals surface area contributed by atoms with Crippen molar-refractivity contribution >= 4 is 23.9 Å². The first-order valence-corrected chi connectivity index (χ1v) is 15.9. The van der Waals surface area contributed by atoms with Gasteiger partial charge in [-0.05, 0) is 54.2 Å². The molecule has 2 aliphatic heterocycles. The predicted octanol–water partition coefficient (Wildman–Crippen LogP) is 5.78. The number of alkyl carbamates (subject to hydrolysis) is 1. The Balaban J connectivity index is 1.33. The molecule has 1 N–H and O–H groups in total. The van der Waals surface area contributed by atoms with Crippen LogP contribution in [0.15, 0.2) is 72.2 Å². The van der Waals surface area contributed by atoms with E-state index in [0.717, 1.165) is 42.4 Å². The van der Waals surface area contributed by atoms with Crippen LogP contribution in [-0.2, 0) is 29.4 Å². The molecule has 2 amide bonds. The second kappa shape index (κ2) is 11.7. The largest absolute Gasteiger partial charge is 0.446 e. The third-order valence-electron chi connectivity index (χ3n) is 9.88. The smallest absolute Gasteiger partial charge is 0.408 e. The van der Waals surface area contributed by atoms with Crippen LogP contribution in [0.4, 0.5) is 4.79 Å². The Labute approximate surface area is 265 Å². The van der Waals surface area contributed by atoms with Crippen LogP contribution in [0.25, 0.3) is 11.1 Å². The zero-order valence-electron chi connectivity index (χ0n) is 26.6. The number of cyclic esters (lactones) is 1. The average Bonchev–Trinajstić information content (AvgIpc) is 3.33. The van der Waals surface area contributed by atoms with Crippen molar-refractivity contribution in [2.45, 2.75) is 88.6 Å². The van der Waals surface area contributed by atoms with Gasteiger partial charge in [0.05, 0.1) is 6.54 Å². The first-order chi connectivity index (χ1) is 21.5. The summed E-state index contributed by atoms with van der Waals surface area (Å²) in [7, 11) is 1.63. The van der Waals surface area contributed by atoms with E-state index in [2.05, 4.69) is 24.0 Å². The lowest BCUT2D eigenvalue weighted by molar-refractivity contribution is -0.139. The number of likely N-dealkylation sites (tertiary alicyclic amines) is 1. The third kappa shape index (κ3) is 5.78. The molecule has 0 radical (unpaired) electrons. The van der Waals surface area contributed by atoms with Crippen molar-refractivity contribution in [3.8, 4) is 11.1 Å². The highest BCUT2D eigenvalue weighted by molar-refractivity contribution is 6.06. The molecule has 1 spiro atoms. The van der Waals surface area contributed by atoms with Gasteiger partial charge in [-0.3, -0.25) is 4.79 Å². The summed E-state index contributed by atoms with van der Waals surface area (Å²) < 4.78 is 17.8. The SMILES string of the molecule is C=C[C@H]1C[C@@]12N=C([C@@H]1C[C@@](OC)(c3ccc(-c4ccccc4)cc3)CN1C(=O)[C@@H](NC(=O)OC1CCCC1)C(C)(C)C)OC2=O. The first-order valence-electron chi connectivity index (χ1n) is 15.9. The maximum Gasteiger partial charge on any atom is 0.408 e. The Kier molecular flexibility index (Phi) is 8.10. The summed E-state index contributed by atoms with van der Waals surface area (Å²) >= 11 is 0. The van der Waals surface area contributed by atoms with Crippen molar-refractivity contribution in [1.82, 2.24) is 10.2 Å². The monoisotopic (exact) mass is 613 g/mol. The molecule has 2 aromatic rings. The van der Waals surface area contributed by atoms with E-state index in [1.165, 1.54) is 0 Å². The third-order valence-corrected chi connectivity index (χ3v) is 9.88. The molecule has 238 valence electrons. The summed E-state index contributed by atoms with van der Waals surface area (Å²) in [5.41, 5.74) is 0.528. The number of ether oxygens (including phenoxy) is 3. The van der Waals surface area contributed by atoms with E-state index in [9.17, 15) is 14.4 Å². The number of amides is 2. The Morgan fingerprint density at radius 3 is 2.33 bits per heavy atom.